The predicted molar refractivity (Wildman–Crippen MR) is 99.3 cm³/mol. The number of rotatable bonds is 3. The Kier molecular flexibility index (Phi) is 3.80. The first-order valence-corrected chi connectivity index (χ1v) is 8.45. The maximum atomic E-state index is 9.99. The van der Waals surface area contributed by atoms with Crippen molar-refractivity contribution in [3.05, 3.63) is 65.9 Å². The number of phenolic OH excluding ortho intramolecular Hbond substituents is 1. The molecule has 2 aromatic carbocycles. The van der Waals surface area contributed by atoms with Crippen molar-refractivity contribution in [2.75, 3.05) is 5.32 Å². The number of halogens is 1. The average molecular weight is 354 g/mol. The second kappa shape index (κ2) is 6.11. The van der Waals surface area contributed by atoms with Gasteiger partial charge in [-0.25, -0.2) is 9.97 Å². The number of nitrogens with zero attached hydrogens (tertiary/aromatic N) is 2. The molecule has 0 aliphatic rings. The van der Waals surface area contributed by atoms with Crippen molar-refractivity contribution in [3.8, 4) is 16.2 Å². The molecule has 0 atom stereocenters. The Morgan fingerprint density at radius 3 is 2.67 bits per heavy atom. The molecule has 0 spiro atoms. The van der Waals surface area contributed by atoms with Crippen LogP contribution in [0.1, 0.15) is 0 Å². The quantitative estimate of drug-likeness (QED) is 0.480. The summed E-state index contributed by atoms with van der Waals surface area (Å²) in [5.41, 5.74) is 1.65. The van der Waals surface area contributed by atoms with Gasteiger partial charge in [0.2, 0.25) is 0 Å². The van der Waals surface area contributed by atoms with Crippen LogP contribution in [-0.4, -0.2) is 15.1 Å². The molecule has 0 fully saturated rings. The number of hydrogen-bond donors (Lipinski definition) is 2. The Labute approximate surface area is 147 Å². The first-order chi connectivity index (χ1) is 11.7. The van der Waals surface area contributed by atoms with Crippen LogP contribution in [0.15, 0.2) is 60.9 Å². The summed E-state index contributed by atoms with van der Waals surface area (Å²) >= 11 is 7.61. The fourth-order valence-electron chi connectivity index (χ4n) is 2.44. The highest BCUT2D eigenvalue weighted by Gasteiger charge is 2.11. The summed E-state index contributed by atoms with van der Waals surface area (Å²) in [5.74, 6) is 0.751. The van der Waals surface area contributed by atoms with Gasteiger partial charge in [-0.1, -0.05) is 41.9 Å². The first-order valence-electron chi connectivity index (χ1n) is 7.26. The van der Waals surface area contributed by atoms with E-state index in [-0.39, 0.29) is 5.75 Å². The molecule has 4 nitrogen and oxygen atoms in total. The fraction of sp³-hybridized carbons (Fsp3) is 0. The lowest BCUT2D eigenvalue weighted by atomic mass is 10.2. The molecule has 0 amide bonds. The highest BCUT2D eigenvalue weighted by molar-refractivity contribution is 7.21. The van der Waals surface area contributed by atoms with Crippen LogP contribution in [-0.2, 0) is 0 Å². The molecule has 2 aromatic heterocycles. The Balaban J connectivity index is 1.79. The van der Waals surface area contributed by atoms with E-state index in [0.717, 1.165) is 20.7 Å². The van der Waals surface area contributed by atoms with Gasteiger partial charge >= 0.3 is 0 Å². The molecular formula is C18H12ClN3OS. The Morgan fingerprint density at radius 2 is 1.83 bits per heavy atom. The lowest BCUT2D eigenvalue weighted by Gasteiger charge is -2.08. The molecule has 0 unspecified atom stereocenters. The molecule has 0 radical (unpaired) electrons. The minimum absolute atomic E-state index is 0.115. The molecule has 2 N–H and O–H groups in total. The maximum absolute atomic E-state index is 9.99. The van der Waals surface area contributed by atoms with Crippen LogP contribution in [0.3, 0.4) is 0 Å². The second-order valence-electron chi connectivity index (χ2n) is 5.20. The van der Waals surface area contributed by atoms with E-state index in [0.29, 0.717) is 16.5 Å². The Hall–Kier alpha value is -2.63. The van der Waals surface area contributed by atoms with Gasteiger partial charge in [0.25, 0.3) is 0 Å². The number of hydrogen-bond acceptors (Lipinski definition) is 5. The second-order valence-corrected chi connectivity index (χ2v) is 6.67. The molecule has 0 aliphatic carbocycles. The summed E-state index contributed by atoms with van der Waals surface area (Å²) in [4.78, 5) is 10.7. The number of thiophene rings is 1. The third-order valence-electron chi connectivity index (χ3n) is 3.60. The van der Waals surface area contributed by atoms with Crippen LogP contribution in [0, 0.1) is 0 Å². The van der Waals surface area contributed by atoms with Crippen LogP contribution < -0.4 is 5.32 Å². The van der Waals surface area contributed by atoms with Crippen LogP contribution >= 0.6 is 22.9 Å². The molecule has 6 heteroatoms. The largest absolute Gasteiger partial charge is 0.506 e. The molecule has 24 heavy (non-hydrogen) atoms. The molecule has 118 valence electrons. The number of fused-ring (bicyclic) bond motifs is 1. The SMILES string of the molecule is Oc1ccc(Cl)cc1Nc1ncnc2sc(-c3ccccc3)cc12. The topological polar surface area (TPSA) is 58.0 Å². The molecule has 0 saturated heterocycles. The van der Waals surface area contributed by atoms with E-state index in [1.54, 1.807) is 29.5 Å². The smallest absolute Gasteiger partial charge is 0.142 e. The number of phenols is 1. The summed E-state index contributed by atoms with van der Waals surface area (Å²) in [6.45, 7) is 0. The van der Waals surface area contributed by atoms with Crippen molar-refractivity contribution in [1.29, 1.82) is 0 Å². The van der Waals surface area contributed by atoms with E-state index in [1.165, 1.54) is 6.33 Å². The van der Waals surface area contributed by atoms with Crippen molar-refractivity contribution in [1.82, 2.24) is 9.97 Å². The molecule has 0 bridgehead atoms. The van der Waals surface area contributed by atoms with Crippen molar-refractivity contribution in [2.45, 2.75) is 0 Å². The van der Waals surface area contributed by atoms with Gasteiger partial charge in [-0.15, -0.1) is 11.3 Å². The van der Waals surface area contributed by atoms with Gasteiger partial charge in [0.15, 0.2) is 0 Å². The minimum Gasteiger partial charge on any atom is -0.506 e. The summed E-state index contributed by atoms with van der Waals surface area (Å²) in [5, 5.41) is 14.6. The van der Waals surface area contributed by atoms with Gasteiger partial charge in [-0.3, -0.25) is 0 Å². The van der Waals surface area contributed by atoms with Crippen molar-refractivity contribution < 1.29 is 5.11 Å². The molecule has 0 saturated carbocycles. The van der Waals surface area contributed by atoms with Gasteiger partial charge in [-0.05, 0) is 29.8 Å². The third kappa shape index (κ3) is 2.79. The summed E-state index contributed by atoms with van der Waals surface area (Å²) < 4.78 is 0. The van der Waals surface area contributed by atoms with Crippen LogP contribution in [0.4, 0.5) is 11.5 Å². The normalized spacial score (nSPS) is 10.9. The Bertz CT molecular complexity index is 1020. The zero-order chi connectivity index (χ0) is 16.5. The maximum Gasteiger partial charge on any atom is 0.142 e. The molecule has 2 heterocycles. The molecule has 0 aliphatic heterocycles. The van der Waals surface area contributed by atoms with E-state index >= 15 is 0 Å². The third-order valence-corrected chi connectivity index (χ3v) is 4.93. The number of benzene rings is 2. The highest BCUT2D eigenvalue weighted by Crippen LogP contribution is 2.37. The zero-order valence-corrected chi connectivity index (χ0v) is 14.0. The number of aromatic hydroxyl groups is 1. The lowest BCUT2D eigenvalue weighted by molar-refractivity contribution is 0.478. The molecular weight excluding hydrogens is 342 g/mol. The minimum atomic E-state index is 0.115. The van der Waals surface area contributed by atoms with Crippen LogP contribution in [0.25, 0.3) is 20.7 Å². The van der Waals surface area contributed by atoms with E-state index < -0.39 is 0 Å². The van der Waals surface area contributed by atoms with Crippen molar-refractivity contribution in [3.63, 3.8) is 0 Å². The predicted octanol–water partition coefficient (Wildman–Crippen LogP) is 5.46. The van der Waals surface area contributed by atoms with Gasteiger partial charge in [0.05, 0.1) is 11.1 Å². The number of aromatic nitrogens is 2. The van der Waals surface area contributed by atoms with Crippen LogP contribution in [0.5, 0.6) is 5.75 Å². The van der Waals surface area contributed by atoms with Crippen molar-refractivity contribution >= 4 is 44.7 Å². The monoisotopic (exact) mass is 353 g/mol. The van der Waals surface area contributed by atoms with Crippen LogP contribution in [0.2, 0.25) is 5.02 Å². The van der Waals surface area contributed by atoms with E-state index in [4.69, 9.17) is 11.6 Å². The molecule has 4 aromatic rings. The summed E-state index contributed by atoms with van der Waals surface area (Å²) in [6.07, 6.45) is 1.51. The van der Waals surface area contributed by atoms with E-state index in [2.05, 4.69) is 33.5 Å². The van der Waals surface area contributed by atoms with E-state index in [9.17, 15) is 5.11 Å². The van der Waals surface area contributed by atoms with E-state index in [1.807, 2.05) is 18.2 Å². The summed E-state index contributed by atoms with van der Waals surface area (Å²) in [6, 6.07) is 17.0. The standard InChI is InChI=1S/C18H12ClN3OS/c19-12-6-7-15(23)14(8-12)22-17-13-9-16(11-4-2-1-3-5-11)24-18(13)21-10-20-17/h1-10,23H,(H,20,21,22). The highest BCUT2D eigenvalue weighted by atomic mass is 35.5. The average Bonchev–Trinajstić information content (AvgIpc) is 3.04. The lowest BCUT2D eigenvalue weighted by Crippen LogP contribution is -1.95. The molecule has 4 rings (SSSR count). The van der Waals surface area contributed by atoms with Gasteiger partial charge in [0, 0.05) is 9.90 Å². The van der Waals surface area contributed by atoms with Gasteiger partial charge in [-0.2, -0.15) is 0 Å². The zero-order valence-electron chi connectivity index (χ0n) is 12.4. The number of nitrogens with one attached hydrogen (secondary N) is 1. The van der Waals surface area contributed by atoms with Crippen molar-refractivity contribution in [2.24, 2.45) is 0 Å². The van der Waals surface area contributed by atoms with Gasteiger partial charge in [0.1, 0.15) is 22.7 Å². The first kappa shape index (κ1) is 14.9. The summed E-state index contributed by atoms with van der Waals surface area (Å²) in [7, 11) is 0. The number of anilines is 2. The Morgan fingerprint density at radius 1 is 1.00 bits per heavy atom. The van der Waals surface area contributed by atoms with Gasteiger partial charge < -0.3 is 10.4 Å². The fourth-order valence-corrected chi connectivity index (χ4v) is 3.61.